The first-order valence-electron chi connectivity index (χ1n) is 4.61. The first-order valence-corrected chi connectivity index (χ1v) is 5.74. The van der Waals surface area contributed by atoms with Crippen LogP contribution in [0.3, 0.4) is 0 Å². The van der Waals surface area contributed by atoms with Gasteiger partial charge in [0.15, 0.2) is 0 Å². The SMILES string of the molecule is COC(=O)Cc1c(C(F)F)ncc(O)c1CBr. The highest BCUT2D eigenvalue weighted by molar-refractivity contribution is 9.08. The molecule has 1 N–H and O–H groups in total. The average molecular weight is 310 g/mol. The van der Waals surface area contributed by atoms with E-state index in [2.05, 4.69) is 25.7 Å². The number of rotatable bonds is 4. The standard InChI is InChI=1S/C10H10BrF2NO3/c1-17-8(16)2-5-6(3-11)7(15)4-14-9(5)10(12)13/h4,10,15H,2-3H2,1H3. The smallest absolute Gasteiger partial charge is 0.310 e. The van der Waals surface area contributed by atoms with Gasteiger partial charge in [-0.1, -0.05) is 15.9 Å². The summed E-state index contributed by atoms with van der Waals surface area (Å²) < 4.78 is 29.9. The average Bonchev–Trinajstić information content (AvgIpc) is 2.28. The maximum atomic E-state index is 12.7. The highest BCUT2D eigenvalue weighted by Crippen LogP contribution is 2.30. The molecule has 7 heteroatoms. The van der Waals surface area contributed by atoms with Crippen molar-refractivity contribution in [3.8, 4) is 5.75 Å². The Hall–Kier alpha value is -1.24. The Kier molecular flexibility index (Phi) is 4.80. The third-order valence-corrected chi connectivity index (χ3v) is 2.76. The third kappa shape index (κ3) is 3.12. The predicted molar refractivity (Wildman–Crippen MR) is 59.2 cm³/mol. The molecule has 0 unspecified atom stereocenters. The van der Waals surface area contributed by atoms with Crippen molar-refractivity contribution in [2.45, 2.75) is 18.2 Å². The fourth-order valence-corrected chi connectivity index (χ4v) is 1.97. The Bertz CT molecular complexity index is 426. The fourth-order valence-electron chi connectivity index (χ4n) is 1.35. The second kappa shape index (κ2) is 5.90. The molecule has 0 aliphatic heterocycles. The minimum Gasteiger partial charge on any atom is -0.506 e. The van der Waals surface area contributed by atoms with Crippen LogP contribution >= 0.6 is 15.9 Å². The summed E-state index contributed by atoms with van der Waals surface area (Å²) in [5, 5.41) is 9.64. The molecular weight excluding hydrogens is 300 g/mol. The van der Waals surface area contributed by atoms with Crippen LogP contribution in [-0.4, -0.2) is 23.2 Å². The van der Waals surface area contributed by atoms with Crippen LogP contribution in [0, 0.1) is 0 Å². The fraction of sp³-hybridized carbons (Fsp3) is 0.400. The van der Waals surface area contributed by atoms with Crippen LogP contribution in [0.2, 0.25) is 0 Å². The van der Waals surface area contributed by atoms with Gasteiger partial charge in [0.1, 0.15) is 11.4 Å². The van der Waals surface area contributed by atoms with E-state index in [1.165, 1.54) is 0 Å². The second-order valence-corrected chi connectivity index (χ2v) is 3.73. The van der Waals surface area contributed by atoms with Gasteiger partial charge in [0, 0.05) is 10.9 Å². The van der Waals surface area contributed by atoms with Crippen LogP contribution in [0.25, 0.3) is 0 Å². The molecule has 0 atom stereocenters. The molecule has 0 aliphatic carbocycles. The quantitative estimate of drug-likeness (QED) is 0.685. The van der Waals surface area contributed by atoms with Crippen LogP contribution in [0.4, 0.5) is 8.78 Å². The molecule has 0 radical (unpaired) electrons. The zero-order valence-corrected chi connectivity index (χ0v) is 10.5. The normalized spacial score (nSPS) is 10.6. The molecule has 0 aromatic carbocycles. The summed E-state index contributed by atoms with van der Waals surface area (Å²) >= 11 is 3.07. The number of pyridine rings is 1. The monoisotopic (exact) mass is 309 g/mol. The van der Waals surface area contributed by atoms with Gasteiger partial charge in [-0.3, -0.25) is 9.78 Å². The van der Waals surface area contributed by atoms with E-state index in [1.807, 2.05) is 0 Å². The number of nitrogens with zero attached hydrogens (tertiary/aromatic N) is 1. The van der Waals surface area contributed by atoms with Crippen molar-refractivity contribution in [1.29, 1.82) is 0 Å². The van der Waals surface area contributed by atoms with Gasteiger partial charge in [-0.15, -0.1) is 0 Å². The summed E-state index contributed by atoms with van der Waals surface area (Å²) in [5.41, 5.74) is -0.285. The zero-order chi connectivity index (χ0) is 13.0. The minimum atomic E-state index is -2.81. The van der Waals surface area contributed by atoms with Gasteiger partial charge in [-0.25, -0.2) is 8.78 Å². The van der Waals surface area contributed by atoms with Gasteiger partial charge in [-0.2, -0.15) is 0 Å². The molecule has 4 nitrogen and oxygen atoms in total. The van der Waals surface area contributed by atoms with Gasteiger partial charge in [0.2, 0.25) is 0 Å². The maximum absolute atomic E-state index is 12.7. The lowest BCUT2D eigenvalue weighted by atomic mass is 10.0. The van der Waals surface area contributed by atoms with Crippen LogP contribution in [-0.2, 0) is 21.3 Å². The van der Waals surface area contributed by atoms with Crippen LogP contribution in [0.1, 0.15) is 23.2 Å². The number of halogens is 3. The Balaban J connectivity index is 3.28. The van der Waals surface area contributed by atoms with E-state index in [0.29, 0.717) is 0 Å². The number of alkyl halides is 3. The highest BCUT2D eigenvalue weighted by atomic mass is 79.9. The molecule has 1 heterocycles. The van der Waals surface area contributed by atoms with Crippen LogP contribution in [0.5, 0.6) is 5.75 Å². The predicted octanol–water partition coefficient (Wildman–Crippen LogP) is 2.34. The number of hydrogen-bond donors (Lipinski definition) is 1. The molecule has 0 bridgehead atoms. The first kappa shape index (κ1) is 13.8. The number of hydrogen-bond acceptors (Lipinski definition) is 4. The van der Waals surface area contributed by atoms with Gasteiger partial charge in [0.25, 0.3) is 6.43 Å². The van der Waals surface area contributed by atoms with Gasteiger partial charge < -0.3 is 9.84 Å². The molecule has 0 fully saturated rings. The third-order valence-electron chi connectivity index (χ3n) is 2.20. The number of aromatic hydroxyl groups is 1. The Morgan fingerprint density at radius 1 is 1.59 bits per heavy atom. The molecule has 0 saturated heterocycles. The molecular formula is C10H10BrF2NO3. The highest BCUT2D eigenvalue weighted by Gasteiger charge is 2.22. The van der Waals surface area contributed by atoms with Crippen molar-refractivity contribution in [2.24, 2.45) is 0 Å². The Morgan fingerprint density at radius 3 is 2.71 bits per heavy atom. The van der Waals surface area contributed by atoms with Crippen LogP contribution in [0.15, 0.2) is 6.20 Å². The lowest BCUT2D eigenvalue weighted by molar-refractivity contribution is -0.139. The Morgan fingerprint density at radius 2 is 2.24 bits per heavy atom. The first-order chi connectivity index (χ1) is 8.01. The number of carbonyl (C=O) groups excluding carboxylic acids is 1. The molecule has 0 aliphatic rings. The lowest BCUT2D eigenvalue weighted by Crippen LogP contribution is -2.11. The van der Waals surface area contributed by atoms with Crippen molar-refractivity contribution in [2.75, 3.05) is 7.11 Å². The van der Waals surface area contributed by atoms with E-state index >= 15 is 0 Å². The number of aromatic nitrogens is 1. The zero-order valence-electron chi connectivity index (χ0n) is 8.91. The summed E-state index contributed by atoms with van der Waals surface area (Å²) in [6.45, 7) is 0. The number of carbonyl (C=O) groups is 1. The Labute approximate surface area is 105 Å². The summed E-state index contributed by atoms with van der Waals surface area (Å²) in [4.78, 5) is 14.6. The topological polar surface area (TPSA) is 59.4 Å². The van der Waals surface area contributed by atoms with Crippen molar-refractivity contribution in [3.05, 3.63) is 23.0 Å². The van der Waals surface area contributed by atoms with E-state index in [4.69, 9.17) is 0 Å². The van der Waals surface area contributed by atoms with E-state index in [0.717, 1.165) is 13.3 Å². The van der Waals surface area contributed by atoms with Crippen molar-refractivity contribution in [1.82, 2.24) is 4.98 Å². The van der Waals surface area contributed by atoms with Crippen molar-refractivity contribution in [3.63, 3.8) is 0 Å². The van der Waals surface area contributed by atoms with E-state index in [-0.39, 0.29) is 28.6 Å². The summed E-state index contributed by atoms with van der Waals surface area (Å²) in [5.74, 6) is -0.897. The summed E-state index contributed by atoms with van der Waals surface area (Å²) in [7, 11) is 1.16. The summed E-state index contributed by atoms with van der Waals surface area (Å²) in [6, 6.07) is 0. The van der Waals surface area contributed by atoms with Crippen LogP contribution < -0.4 is 0 Å². The molecule has 1 aromatic heterocycles. The molecule has 1 rings (SSSR count). The summed E-state index contributed by atoms with van der Waals surface area (Å²) in [6.07, 6.45) is -2.22. The van der Waals surface area contributed by atoms with Gasteiger partial charge >= 0.3 is 5.97 Å². The minimum absolute atomic E-state index is 0.00345. The lowest BCUT2D eigenvalue weighted by Gasteiger charge is -2.12. The van der Waals surface area contributed by atoms with E-state index in [9.17, 15) is 18.7 Å². The molecule has 0 spiro atoms. The van der Waals surface area contributed by atoms with Crippen molar-refractivity contribution >= 4 is 21.9 Å². The van der Waals surface area contributed by atoms with E-state index < -0.39 is 18.1 Å². The number of ether oxygens (including phenoxy) is 1. The van der Waals surface area contributed by atoms with Gasteiger partial charge in [0.05, 0.1) is 19.7 Å². The largest absolute Gasteiger partial charge is 0.506 e. The van der Waals surface area contributed by atoms with Gasteiger partial charge in [-0.05, 0) is 5.56 Å². The molecule has 94 valence electrons. The molecule has 0 amide bonds. The molecule has 1 aromatic rings. The molecule has 17 heavy (non-hydrogen) atoms. The second-order valence-electron chi connectivity index (χ2n) is 3.17. The van der Waals surface area contributed by atoms with Crippen molar-refractivity contribution < 1.29 is 23.4 Å². The number of esters is 1. The van der Waals surface area contributed by atoms with E-state index in [1.54, 1.807) is 0 Å². The maximum Gasteiger partial charge on any atom is 0.310 e. The molecule has 0 saturated carbocycles. The number of methoxy groups -OCH3 is 1.